The minimum Gasteiger partial charge on any atom is -0.375 e. The Morgan fingerprint density at radius 3 is 3.00 bits per heavy atom. The van der Waals surface area contributed by atoms with E-state index in [1.54, 1.807) is 12.1 Å². The molecule has 0 radical (unpaired) electrons. The molecule has 1 saturated carbocycles. The Morgan fingerprint density at radius 1 is 1.55 bits per heavy atom. The first-order chi connectivity index (χ1) is 9.61. The largest absolute Gasteiger partial charge is 0.375 e. The highest BCUT2D eigenvalue weighted by Gasteiger charge is 2.41. The first-order valence-electron chi connectivity index (χ1n) is 7.18. The van der Waals surface area contributed by atoms with Crippen LogP contribution in [0.5, 0.6) is 0 Å². The second kappa shape index (κ2) is 6.23. The molecule has 1 N–H and O–H groups in total. The van der Waals surface area contributed by atoms with Gasteiger partial charge in [-0.25, -0.2) is 4.39 Å². The lowest BCUT2D eigenvalue weighted by atomic mass is 9.86. The Balaban J connectivity index is 1.97. The fraction of sp³-hybridized carbons (Fsp3) is 0.562. The third-order valence-electron chi connectivity index (χ3n) is 4.53. The van der Waals surface area contributed by atoms with Crippen molar-refractivity contribution < 1.29 is 4.39 Å². The van der Waals surface area contributed by atoms with Crippen molar-refractivity contribution >= 4 is 5.69 Å². The molecular formula is C16H22FN3. The Kier molecular flexibility index (Phi) is 4.61. The van der Waals surface area contributed by atoms with Crippen LogP contribution < -0.4 is 10.2 Å². The van der Waals surface area contributed by atoms with Gasteiger partial charge >= 0.3 is 0 Å². The quantitative estimate of drug-likeness (QED) is 0.898. The van der Waals surface area contributed by atoms with E-state index in [-0.39, 0.29) is 11.4 Å². The summed E-state index contributed by atoms with van der Waals surface area (Å²) in [5, 5.41) is 12.6. The number of halogens is 1. The highest BCUT2D eigenvalue weighted by molar-refractivity contribution is 5.45. The monoisotopic (exact) mass is 275 g/mol. The molecule has 1 aliphatic carbocycles. The SMILES string of the molecule is CNC1(C#N)CCCC1CCN(C)c1cccc(F)c1. The maximum Gasteiger partial charge on any atom is 0.125 e. The smallest absolute Gasteiger partial charge is 0.125 e. The summed E-state index contributed by atoms with van der Waals surface area (Å²) in [6.45, 7) is 0.833. The van der Waals surface area contributed by atoms with Gasteiger partial charge in [-0.05, 0) is 50.4 Å². The number of hydrogen-bond donors (Lipinski definition) is 1. The van der Waals surface area contributed by atoms with Crippen molar-refractivity contribution in [1.29, 1.82) is 5.26 Å². The Labute approximate surface area is 120 Å². The zero-order valence-electron chi connectivity index (χ0n) is 12.2. The first-order valence-corrected chi connectivity index (χ1v) is 7.18. The van der Waals surface area contributed by atoms with Crippen molar-refractivity contribution in [3.05, 3.63) is 30.1 Å². The summed E-state index contributed by atoms with van der Waals surface area (Å²) >= 11 is 0. The standard InChI is InChI=1S/C16H22FN3/c1-19-16(12-18)9-4-5-13(16)8-10-20(2)15-7-3-6-14(17)11-15/h3,6-7,11,13,19H,4-5,8-10H2,1-2H3. The summed E-state index contributed by atoms with van der Waals surface area (Å²) in [6.07, 6.45) is 4.06. The summed E-state index contributed by atoms with van der Waals surface area (Å²) in [4.78, 5) is 2.05. The zero-order chi connectivity index (χ0) is 14.6. The summed E-state index contributed by atoms with van der Waals surface area (Å²) in [6, 6.07) is 9.10. The fourth-order valence-corrected chi connectivity index (χ4v) is 3.19. The van der Waals surface area contributed by atoms with Crippen LogP contribution in [0.1, 0.15) is 25.7 Å². The van der Waals surface area contributed by atoms with Crippen LogP contribution in [0.2, 0.25) is 0 Å². The molecule has 0 bridgehead atoms. The van der Waals surface area contributed by atoms with Crippen molar-refractivity contribution in [3.63, 3.8) is 0 Å². The van der Waals surface area contributed by atoms with Crippen molar-refractivity contribution in [1.82, 2.24) is 5.32 Å². The minimum atomic E-state index is -0.372. The number of nitrogens with one attached hydrogen (secondary N) is 1. The van der Waals surface area contributed by atoms with Crippen LogP contribution in [0, 0.1) is 23.1 Å². The van der Waals surface area contributed by atoms with Crippen LogP contribution in [0.15, 0.2) is 24.3 Å². The molecule has 2 rings (SSSR count). The molecule has 20 heavy (non-hydrogen) atoms. The van der Waals surface area contributed by atoms with Crippen molar-refractivity contribution in [3.8, 4) is 6.07 Å². The third kappa shape index (κ3) is 2.94. The van der Waals surface area contributed by atoms with Crippen molar-refractivity contribution in [2.45, 2.75) is 31.2 Å². The van der Waals surface area contributed by atoms with E-state index in [2.05, 4.69) is 16.3 Å². The lowest BCUT2D eigenvalue weighted by Crippen LogP contribution is -2.45. The van der Waals surface area contributed by atoms with Crippen LogP contribution in [0.3, 0.4) is 0 Å². The molecule has 0 spiro atoms. The molecule has 1 aliphatic rings. The van der Waals surface area contributed by atoms with Crippen LogP contribution in [-0.2, 0) is 0 Å². The molecule has 108 valence electrons. The molecule has 1 fully saturated rings. The second-order valence-corrected chi connectivity index (χ2v) is 5.61. The van der Waals surface area contributed by atoms with Crippen molar-refractivity contribution in [2.24, 2.45) is 5.92 Å². The first kappa shape index (κ1) is 14.8. The number of nitrogens with zero attached hydrogens (tertiary/aromatic N) is 2. The molecule has 1 aromatic carbocycles. The van der Waals surface area contributed by atoms with E-state index in [0.717, 1.165) is 37.9 Å². The van der Waals surface area contributed by atoms with Crippen LogP contribution >= 0.6 is 0 Å². The van der Waals surface area contributed by atoms with E-state index in [4.69, 9.17) is 0 Å². The van der Waals surface area contributed by atoms with Gasteiger partial charge in [-0.3, -0.25) is 0 Å². The highest BCUT2D eigenvalue weighted by Crippen LogP contribution is 2.37. The summed E-state index contributed by atoms with van der Waals surface area (Å²) in [5.41, 5.74) is 0.512. The number of benzene rings is 1. The maximum absolute atomic E-state index is 13.2. The summed E-state index contributed by atoms with van der Waals surface area (Å²) < 4.78 is 13.2. The molecule has 0 aliphatic heterocycles. The van der Waals surface area contributed by atoms with Gasteiger partial charge < -0.3 is 10.2 Å². The van der Waals surface area contributed by atoms with E-state index in [9.17, 15) is 9.65 Å². The predicted octanol–water partition coefficient (Wildman–Crippen LogP) is 2.93. The number of hydrogen-bond acceptors (Lipinski definition) is 3. The van der Waals surface area contributed by atoms with Gasteiger partial charge in [0.05, 0.1) is 6.07 Å². The fourth-order valence-electron chi connectivity index (χ4n) is 3.19. The number of anilines is 1. The van der Waals surface area contributed by atoms with Crippen LogP contribution in [0.4, 0.5) is 10.1 Å². The number of nitriles is 1. The zero-order valence-corrected chi connectivity index (χ0v) is 12.2. The van der Waals surface area contributed by atoms with Crippen LogP contribution in [-0.4, -0.2) is 26.2 Å². The molecule has 0 heterocycles. The molecule has 0 aromatic heterocycles. The third-order valence-corrected chi connectivity index (χ3v) is 4.53. The average molecular weight is 275 g/mol. The molecule has 0 amide bonds. The van der Waals surface area contributed by atoms with Crippen LogP contribution in [0.25, 0.3) is 0 Å². The molecule has 4 heteroatoms. The summed E-state index contributed by atoms with van der Waals surface area (Å²) in [7, 11) is 3.84. The normalized spacial score (nSPS) is 25.4. The molecule has 3 nitrogen and oxygen atoms in total. The molecule has 2 atom stereocenters. The Bertz CT molecular complexity index is 497. The summed E-state index contributed by atoms with van der Waals surface area (Å²) in [5.74, 6) is 0.158. The molecule has 0 saturated heterocycles. The predicted molar refractivity (Wildman–Crippen MR) is 79.0 cm³/mol. The van der Waals surface area contributed by atoms with Gasteiger partial charge in [0.25, 0.3) is 0 Å². The molecular weight excluding hydrogens is 253 g/mol. The van der Waals surface area contributed by atoms with Crippen molar-refractivity contribution in [2.75, 3.05) is 25.5 Å². The van der Waals surface area contributed by atoms with E-state index >= 15 is 0 Å². The van der Waals surface area contributed by atoms with Gasteiger partial charge in [-0.2, -0.15) is 5.26 Å². The van der Waals surface area contributed by atoms with Gasteiger partial charge in [0.2, 0.25) is 0 Å². The van der Waals surface area contributed by atoms with Gasteiger partial charge in [-0.15, -0.1) is 0 Å². The van der Waals surface area contributed by atoms with Gasteiger partial charge in [-0.1, -0.05) is 12.5 Å². The maximum atomic E-state index is 13.2. The molecule has 1 aromatic rings. The van der Waals surface area contributed by atoms with Gasteiger partial charge in [0.15, 0.2) is 0 Å². The topological polar surface area (TPSA) is 39.1 Å². The van der Waals surface area contributed by atoms with E-state index < -0.39 is 0 Å². The van der Waals surface area contributed by atoms with E-state index in [0.29, 0.717) is 5.92 Å². The Hall–Kier alpha value is -1.60. The van der Waals surface area contributed by atoms with Gasteiger partial charge in [0.1, 0.15) is 11.4 Å². The lowest BCUT2D eigenvalue weighted by molar-refractivity contribution is 0.323. The van der Waals surface area contributed by atoms with E-state index in [1.807, 2.05) is 20.2 Å². The molecule has 2 unspecified atom stereocenters. The van der Waals surface area contributed by atoms with Gasteiger partial charge in [0, 0.05) is 19.3 Å². The minimum absolute atomic E-state index is 0.211. The number of rotatable bonds is 5. The highest BCUT2D eigenvalue weighted by atomic mass is 19.1. The van der Waals surface area contributed by atoms with E-state index in [1.165, 1.54) is 6.07 Å². The second-order valence-electron chi connectivity index (χ2n) is 5.61. The Morgan fingerprint density at radius 2 is 2.35 bits per heavy atom. The lowest BCUT2D eigenvalue weighted by Gasteiger charge is -2.30. The average Bonchev–Trinajstić information content (AvgIpc) is 2.88.